The molecule has 0 spiro atoms. The van der Waals surface area contributed by atoms with Gasteiger partial charge in [-0.2, -0.15) is 0 Å². The summed E-state index contributed by atoms with van der Waals surface area (Å²) >= 11 is 0. The minimum absolute atomic E-state index is 0.0907. The number of carbonyl (C=O) groups is 1. The molecule has 3 heterocycles. The summed E-state index contributed by atoms with van der Waals surface area (Å²) in [4.78, 5) is 22.5. The van der Waals surface area contributed by atoms with Crippen LogP contribution in [0.3, 0.4) is 0 Å². The highest BCUT2D eigenvalue weighted by molar-refractivity contribution is 5.69. The molecule has 0 aliphatic carbocycles. The van der Waals surface area contributed by atoms with Gasteiger partial charge in [-0.05, 0) is 24.1 Å². The van der Waals surface area contributed by atoms with Gasteiger partial charge in [0.1, 0.15) is 18.4 Å². The molecule has 1 N–H and O–H groups in total. The van der Waals surface area contributed by atoms with Crippen molar-refractivity contribution in [2.45, 2.75) is 19.1 Å². The smallest absolute Gasteiger partial charge is 0.410 e. The summed E-state index contributed by atoms with van der Waals surface area (Å²) in [5.41, 5.74) is 2.91. The normalized spacial score (nSPS) is 17.0. The summed E-state index contributed by atoms with van der Waals surface area (Å²) in [6.45, 7) is 3.01. The minimum Gasteiger partial charge on any atom is -0.469 e. The van der Waals surface area contributed by atoms with Crippen molar-refractivity contribution in [2.75, 3.05) is 26.2 Å². The van der Waals surface area contributed by atoms with E-state index >= 15 is 0 Å². The largest absolute Gasteiger partial charge is 0.469 e. The molecule has 1 amide bonds. The maximum absolute atomic E-state index is 12.1. The number of likely N-dealkylation sites (tertiary alicyclic amines) is 1. The summed E-state index contributed by atoms with van der Waals surface area (Å²) in [5, 5.41) is 3.29. The van der Waals surface area contributed by atoms with Crippen LogP contribution in [0.5, 0.6) is 5.88 Å². The van der Waals surface area contributed by atoms with Crippen molar-refractivity contribution < 1.29 is 14.3 Å². The Morgan fingerprint density at radius 3 is 2.78 bits per heavy atom. The zero-order chi connectivity index (χ0) is 18.5. The zero-order valence-corrected chi connectivity index (χ0v) is 15.0. The third-order valence-corrected chi connectivity index (χ3v) is 4.62. The maximum Gasteiger partial charge on any atom is 0.410 e. The average molecular weight is 366 g/mol. The van der Waals surface area contributed by atoms with Gasteiger partial charge in [0.15, 0.2) is 0 Å². The number of aromatic nitrogens is 2. The topological polar surface area (TPSA) is 76.6 Å². The second kappa shape index (κ2) is 8.18. The van der Waals surface area contributed by atoms with Crippen LogP contribution in [0, 0.1) is 0 Å². The average Bonchev–Trinajstić information content (AvgIpc) is 2.70. The van der Waals surface area contributed by atoms with E-state index in [1.165, 1.54) is 0 Å². The second-order valence-corrected chi connectivity index (χ2v) is 6.58. The molecule has 2 aliphatic heterocycles. The number of rotatable bonds is 5. The van der Waals surface area contributed by atoms with Crippen molar-refractivity contribution in [1.29, 1.82) is 0 Å². The number of amides is 1. The lowest BCUT2D eigenvalue weighted by Crippen LogP contribution is -2.56. The van der Waals surface area contributed by atoms with E-state index in [1.54, 1.807) is 17.3 Å². The van der Waals surface area contributed by atoms with Gasteiger partial charge < -0.3 is 19.7 Å². The highest BCUT2D eigenvalue weighted by Gasteiger charge is 2.34. The van der Waals surface area contributed by atoms with Gasteiger partial charge in [-0.3, -0.25) is 0 Å². The van der Waals surface area contributed by atoms with Crippen LogP contribution < -0.4 is 10.1 Å². The van der Waals surface area contributed by atoms with Crippen LogP contribution in [-0.4, -0.2) is 53.2 Å². The molecule has 4 rings (SSSR count). The molecule has 2 aliphatic rings. The van der Waals surface area contributed by atoms with Crippen molar-refractivity contribution in [3.63, 3.8) is 0 Å². The monoisotopic (exact) mass is 366 g/mol. The Balaban J connectivity index is 1.29. The molecule has 1 aromatic heterocycles. The van der Waals surface area contributed by atoms with Crippen LogP contribution in [-0.2, 0) is 11.3 Å². The van der Waals surface area contributed by atoms with Gasteiger partial charge >= 0.3 is 6.09 Å². The number of nitrogens with one attached hydrogen (secondary N) is 1. The first kappa shape index (κ1) is 17.5. The molecule has 0 radical (unpaired) electrons. The Morgan fingerprint density at radius 2 is 2.00 bits per heavy atom. The quantitative estimate of drug-likeness (QED) is 0.875. The molecule has 7 heteroatoms. The third kappa shape index (κ3) is 4.25. The summed E-state index contributed by atoms with van der Waals surface area (Å²) in [7, 11) is 0. The van der Waals surface area contributed by atoms with Crippen molar-refractivity contribution in [3.8, 4) is 5.88 Å². The first-order valence-corrected chi connectivity index (χ1v) is 9.13. The number of hydrogen-bond acceptors (Lipinski definition) is 6. The Hall–Kier alpha value is -2.93. The van der Waals surface area contributed by atoms with Crippen LogP contribution >= 0.6 is 0 Å². The van der Waals surface area contributed by atoms with E-state index in [0.717, 1.165) is 36.3 Å². The molecule has 0 bridgehead atoms. The molecular formula is C20H22N4O3. The zero-order valence-electron chi connectivity index (χ0n) is 15.0. The molecular weight excluding hydrogens is 344 g/mol. The first-order valence-electron chi connectivity index (χ1n) is 9.13. The van der Waals surface area contributed by atoms with Crippen LogP contribution in [0.25, 0.3) is 5.57 Å². The van der Waals surface area contributed by atoms with Crippen LogP contribution in [0.4, 0.5) is 4.79 Å². The van der Waals surface area contributed by atoms with Gasteiger partial charge in [0.2, 0.25) is 5.88 Å². The molecule has 0 unspecified atom stereocenters. The van der Waals surface area contributed by atoms with Crippen LogP contribution in [0.15, 0.2) is 48.8 Å². The van der Waals surface area contributed by atoms with E-state index in [-0.39, 0.29) is 18.8 Å². The summed E-state index contributed by atoms with van der Waals surface area (Å²) in [6.07, 6.45) is 5.92. The van der Waals surface area contributed by atoms with Crippen LogP contribution in [0.2, 0.25) is 0 Å². The molecule has 27 heavy (non-hydrogen) atoms. The number of ether oxygens (including phenoxy) is 2. The number of nitrogens with zero attached hydrogens (tertiary/aromatic N) is 3. The summed E-state index contributed by atoms with van der Waals surface area (Å²) in [6, 6.07) is 9.64. The lowest BCUT2D eigenvalue weighted by molar-refractivity contribution is 0.00648. The molecule has 140 valence electrons. The fraction of sp³-hybridized carbons (Fsp3) is 0.350. The Bertz CT molecular complexity index is 819. The summed E-state index contributed by atoms with van der Waals surface area (Å²) < 4.78 is 11.3. The number of hydrogen-bond donors (Lipinski definition) is 1. The van der Waals surface area contributed by atoms with E-state index in [9.17, 15) is 4.79 Å². The SMILES string of the molecule is O=C(OCc1ccccc1)N1CC(Oc2nccnc2C2=CCNCC2)C1. The lowest BCUT2D eigenvalue weighted by atomic mass is 10.1. The van der Waals surface area contributed by atoms with E-state index in [2.05, 4.69) is 21.4 Å². The molecule has 2 aromatic rings. The third-order valence-electron chi connectivity index (χ3n) is 4.62. The van der Waals surface area contributed by atoms with Crippen molar-refractivity contribution in [3.05, 3.63) is 60.1 Å². The van der Waals surface area contributed by atoms with E-state index < -0.39 is 0 Å². The fourth-order valence-electron chi connectivity index (χ4n) is 3.10. The number of carbonyl (C=O) groups excluding carboxylic acids is 1. The van der Waals surface area contributed by atoms with Gasteiger partial charge in [-0.25, -0.2) is 14.8 Å². The number of benzene rings is 1. The van der Waals surface area contributed by atoms with Crippen molar-refractivity contribution >= 4 is 11.7 Å². The predicted octanol–water partition coefficient (Wildman–Crippen LogP) is 2.25. The summed E-state index contributed by atoms with van der Waals surface area (Å²) in [5.74, 6) is 0.535. The van der Waals surface area contributed by atoms with Gasteiger partial charge in [-0.15, -0.1) is 0 Å². The van der Waals surface area contributed by atoms with Gasteiger partial charge in [0.05, 0.1) is 13.1 Å². The van der Waals surface area contributed by atoms with Crippen molar-refractivity contribution in [1.82, 2.24) is 20.2 Å². The molecule has 1 saturated heterocycles. The van der Waals surface area contributed by atoms with E-state index in [0.29, 0.717) is 19.0 Å². The van der Waals surface area contributed by atoms with Crippen molar-refractivity contribution in [2.24, 2.45) is 0 Å². The molecule has 1 aromatic carbocycles. The predicted molar refractivity (Wildman–Crippen MR) is 100 cm³/mol. The fourth-order valence-corrected chi connectivity index (χ4v) is 3.10. The first-order chi connectivity index (χ1) is 13.3. The standard InChI is InChI=1S/C20H22N4O3/c25-20(26-14-15-4-2-1-3-5-15)24-12-17(13-24)27-19-18(22-10-11-23-19)16-6-8-21-9-7-16/h1-6,10-11,17,21H,7-9,12-14H2. The highest BCUT2D eigenvalue weighted by atomic mass is 16.6. The lowest BCUT2D eigenvalue weighted by Gasteiger charge is -2.37. The minimum atomic E-state index is -0.320. The molecule has 7 nitrogen and oxygen atoms in total. The molecule has 0 atom stereocenters. The second-order valence-electron chi connectivity index (χ2n) is 6.58. The Morgan fingerprint density at radius 1 is 1.19 bits per heavy atom. The molecule has 0 saturated carbocycles. The Labute approximate surface area is 158 Å². The van der Waals surface area contributed by atoms with Gasteiger partial charge in [-0.1, -0.05) is 36.4 Å². The van der Waals surface area contributed by atoms with E-state index in [1.807, 2.05) is 30.3 Å². The highest BCUT2D eigenvalue weighted by Crippen LogP contribution is 2.27. The van der Waals surface area contributed by atoms with E-state index in [4.69, 9.17) is 9.47 Å². The molecule has 1 fully saturated rings. The van der Waals surface area contributed by atoms with Gasteiger partial charge in [0.25, 0.3) is 0 Å². The maximum atomic E-state index is 12.1. The van der Waals surface area contributed by atoms with Crippen LogP contribution in [0.1, 0.15) is 17.7 Å². The Kier molecular flexibility index (Phi) is 5.29. The van der Waals surface area contributed by atoms with Gasteiger partial charge in [0, 0.05) is 18.9 Å².